The molecule has 0 spiro atoms. The van der Waals surface area contributed by atoms with Gasteiger partial charge in [-0.05, 0) is 24.3 Å². The number of aromatic nitrogens is 2. The van der Waals surface area contributed by atoms with Gasteiger partial charge in [0.25, 0.3) is 5.91 Å². The van der Waals surface area contributed by atoms with Crippen LogP contribution in [-0.2, 0) is 4.74 Å². The van der Waals surface area contributed by atoms with E-state index in [1.54, 1.807) is 36.4 Å². The number of carbonyl (C=O) groups is 2. The van der Waals surface area contributed by atoms with Gasteiger partial charge in [-0.3, -0.25) is 4.79 Å². The lowest BCUT2D eigenvalue weighted by molar-refractivity contribution is 0.0602. The lowest BCUT2D eigenvalue weighted by atomic mass is 10.1. The van der Waals surface area contributed by atoms with Crippen LogP contribution in [-0.4, -0.2) is 35.7 Å². The van der Waals surface area contributed by atoms with E-state index in [9.17, 15) is 9.59 Å². The van der Waals surface area contributed by atoms with Crippen LogP contribution in [0.1, 0.15) is 20.8 Å². The fourth-order valence-corrected chi connectivity index (χ4v) is 2.70. The monoisotopic (exact) mass is 392 g/mol. The van der Waals surface area contributed by atoms with Gasteiger partial charge in [0.05, 0.1) is 30.8 Å². The van der Waals surface area contributed by atoms with Crippen molar-refractivity contribution in [2.24, 2.45) is 0 Å². The zero-order valence-corrected chi connectivity index (χ0v) is 15.3. The van der Waals surface area contributed by atoms with Gasteiger partial charge in [-0.2, -0.15) is 0 Å². The molecule has 146 valence electrons. The molecule has 2 N–H and O–H groups in total. The van der Waals surface area contributed by atoms with Gasteiger partial charge in [0.2, 0.25) is 6.79 Å². The van der Waals surface area contributed by atoms with Crippen molar-refractivity contribution in [3.8, 4) is 11.5 Å². The van der Waals surface area contributed by atoms with E-state index in [0.717, 1.165) is 5.69 Å². The Balaban J connectivity index is 1.45. The summed E-state index contributed by atoms with van der Waals surface area (Å²) in [5.41, 5.74) is 1.42. The Morgan fingerprint density at radius 1 is 1.03 bits per heavy atom. The summed E-state index contributed by atoms with van der Waals surface area (Å²) in [5, 5.41) is 5.73. The minimum absolute atomic E-state index is 0.0981. The van der Waals surface area contributed by atoms with Crippen LogP contribution in [0.15, 0.2) is 54.9 Å². The van der Waals surface area contributed by atoms with Gasteiger partial charge in [0.1, 0.15) is 11.5 Å². The molecule has 1 aromatic heterocycles. The highest BCUT2D eigenvalue weighted by atomic mass is 16.7. The number of para-hydroxylation sites is 1. The molecule has 1 aliphatic heterocycles. The second-order valence-electron chi connectivity index (χ2n) is 5.97. The van der Waals surface area contributed by atoms with Crippen molar-refractivity contribution in [2.75, 3.05) is 24.5 Å². The molecule has 0 unspecified atom stereocenters. The molecular formula is C20H16N4O5. The number of benzene rings is 2. The van der Waals surface area contributed by atoms with Crippen LogP contribution >= 0.6 is 0 Å². The maximum atomic E-state index is 12.5. The summed E-state index contributed by atoms with van der Waals surface area (Å²) < 4.78 is 15.3. The molecule has 0 radical (unpaired) electrons. The minimum Gasteiger partial charge on any atom is -0.465 e. The van der Waals surface area contributed by atoms with Crippen molar-refractivity contribution in [2.45, 2.75) is 0 Å². The molecule has 2 aromatic carbocycles. The standard InChI is InChI=1S/C20H16N4O5/c1-27-20(26)13-4-2-3-5-14(13)24-19(25)15-9-22-18(10-21-15)23-12-6-7-16-17(8-12)29-11-28-16/h2-10H,11H2,1H3,(H,22,23)(H,24,25). The molecule has 0 aliphatic carbocycles. The fraction of sp³-hybridized carbons (Fsp3) is 0.100. The number of rotatable bonds is 5. The second kappa shape index (κ2) is 7.85. The highest BCUT2D eigenvalue weighted by Gasteiger charge is 2.16. The predicted octanol–water partition coefficient (Wildman–Crippen LogP) is 2.99. The molecule has 29 heavy (non-hydrogen) atoms. The smallest absolute Gasteiger partial charge is 0.339 e. The number of hydrogen-bond acceptors (Lipinski definition) is 8. The summed E-state index contributed by atoms with van der Waals surface area (Å²) in [6.45, 7) is 0.196. The predicted molar refractivity (Wildman–Crippen MR) is 104 cm³/mol. The van der Waals surface area contributed by atoms with Crippen LogP contribution in [0.4, 0.5) is 17.2 Å². The molecule has 9 nitrogen and oxygen atoms in total. The third-order valence-electron chi connectivity index (χ3n) is 4.11. The normalized spacial score (nSPS) is 11.6. The van der Waals surface area contributed by atoms with Gasteiger partial charge in [0.15, 0.2) is 11.5 Å². The molecule has 0 saturated carbocycles. The first-order chi connectivity index (χ1) is 14.1. The van der Waals surface area contributed by atoms with Crippen LogP contribution < -0.4 is 20.1 Å². The molecular weight excluding hydrogens is 376 g/mol. The fourth-order valence-electron chi connectivity index (χ4n) is 2.70. The maximum Gasteiger partial charge on any atom is 0.339 e. The molecule has 2 heterocycles. The number of nitrogens with one attached hydrogen (secondary N) is 2. The summed E-state index contributed by atoms with van der Waals surface area (Å²) in [6.07, 6.45) is 2.77. The van der Waals surface area contributed by atoms with E-state index in [1.165, 1.54) is 19.5 Å². The van der Waals surface area contributed by atoms with E-state index < -0.39 is 11.9 Å². The maximum absolute atomic E-state index is 12.5. The van der Waals surface area contributed by atoms with Gasteiger partial charge < -0.3 is 24.8 Å². The van der Waals surface area contributed by atoms with Gasteiger partial charge in [-0.25, -0.2) is 14.8 Å². The minimum atomic E-state index is -0.546. The second-order valence-corrected chi connectivity index (χ2v) is 5.97. The number of amides is 1. The zero-order valence-electron chi connectivity index (χ0n) is 15.3. The first kappa shape index (κ1) is 18.2. The number of ether oxygens (including phenoxy) is 3. The van der Waals surface area contributed by atoms with E-state index in [4.69, 9.17) is 14.2 Å². The van der Waals surface area contributed by atoms with Crippen LogP contribution in [0.5, 0.6) is 11.5 Å². The third kappa shape index (κ3) is 3.93. The highest BCUT2D eigenvalue weighted by Crippen LogP contribution is 2.34. The van der Waals surface area contributed by atoms with E-state index >= 15 is 0 Å². The SMILES string of the molecule is COC(=O)c1ccccc1NC(=O)c1cnc(Nc2ccc3c(c2)OCO3)cn1. The van der Waals surface area contributed by atoms with E-state index in [0.29, 0.717) is 23.0 Å². The van der Waals surface area contributed by atoms with Crippen molar-refractivity contribution >= 4 is 29.1 Å². The number of methoxy groups -OCH3 is 1. The summed E-state index contributed by atoms with van der Waals surface area (Å²) in [7, 11) is 1.28. The van der Waals surface area contributed by atoms with Crippen LogP contribution in [0.2, 0.25) is 0 Å². The Labute approximate surface area is 165 Å². The zero-order chi connectivity index (χ0) is 20.2. The summed E-state index contributed by atoms with van der Waals surface area (Å²) in [6, 6.07) is 11.9. The van der Waals surface area contributed by atoms with E-state index in [2.05, 4.69) is 20.6 Å². The Morgan fingerprint density at radius 3 is 2.66 bits per heavy atom. The number of esters is 1. The number of anilines is 3. The number of hydrogen-bond donors (Lipinski definition) is 2. The van der Waals surface area contributed by atoms with Crippen molar-refractivity contribution < 1.29 is 23.8 Å². The first-order valence-corrected chi connectivity index (χ1v) is 8.61. The van der Waals surface area contributed by atoms with Crippen LogP contribution in [0, 0.1) is 0 Å². The topological polar surface area (TPSA) is 112 Å². The molecule has 0 saturated heterocycles. The van der Waals surface area contributed by atoms with Crippen LogP contribution in [0.3, 0.4) is 0 Å². The summed E-state index contributed by atoms with van der Waals surface area (Å²) in [4.78, 5) is 32.6. The van der Waals surface area contributed by atoms with Crippen molar-refractivity contribution in [3.63, 3.8) is 0 Å². The first-order valence-electron chi connectivity index (χ1n) is 8.61. The van der Waals surface area contributed by atoms with Crippen LogP contribution in [0.25, 0.3) is 0 Å². The number of fused-ring (bicyclic) bond motifs is 1. The molecule has 0 atom stereocenters. The van der Waals surface area contributed by atoms with Gasteiger partial charge in [0, 0.05) is 11.8 Å². The van der Waals surface area contributed by atoms with Crippen molar-refractivity contribution in [1.82, 2.24) is 9.97 Å². The van der Waals surface area contributed by atoms with Crippen molar-refractivity contribution in [1.29, 1.82) is 0 Å². The Bertz CT molecular complexity index is 1070. The molecule has 1 amide bonds. The van der Waals surface area contributed by atoms with Gasteiger partial charge in [-0.15, -0.1) is 0 Å². The average molecular weight is 392 g/mol. The number of carbonyl (C=O) groups excluding carboxylic acids is 2. The molecule has 3 aromatic rings. The molecule has 9 heteroatoms. The third-order valence-corrected chi connectivity index (χ3v) is 4.11. The molecule has 0 fully saturated rings. The quantitative estimate of drug-likeness (QED) is 0.638. The van der Waals surface area contributed by atoms with Crippen molar-refractivity contribution in [3.05, 3.63) is 66.1 Å². The largest absolute Gasteiger partial charge is 0.465 e. The highest BCUT2D eigenvalue weighted by molar-refractivity contribution is 6.06. The van der Waals surface area contributed by atoms with Gasteiger partial charge >= 0.3 is 5.97 Å². The summed E-state index contributed by atoms with van der Waals surface area (Å²) >= 11 is 0. The van der Waals surface area contributed by atoms with E-state index in [1.807, 2.05) is 6.07 Å². The number of nitrogens with zero attached hydrogens (tertiary/aromatic N) is 2. The molecule has 1 aliphatic rings. The molecule has 4 rings (SSSR count). The molecule has 0 bridgehead atoms. The lowest BCUT2D eigenvalue weighted by Crippen LogP contribution is -2.17. The Hall–Kier alpha value is -4.14. The van der Waals surface area contributed by atoms with E-state index in [-0.39, 0.29) is 18.1 Å². The lowest BCUT2D eigenvalue weighted by Gasteiger charge is -2.10. The van der Waals surface area contributed by atoms with Gasteiger partial charge in [-0.1, -0.05) is 12.1 Å². The summed E-state index contributed by atoms with van der Waals surface area (Å²) in [5.74, 6) is 0.734. The average Bonchev–Trinajstić information content (AvgIpc) is 3.22. The Kier molecular flexibility index (Phi) is 4.93. The Morgan fingerprint density at radius 2 is 1.86 bits per heavy atom.